The summed E-state index contributed by atoms with van der Waals surface area (Å²) in [4.78, 5) is 72.3. The van der Waals surface area contributed by atoms with Crippen LogP contribution in [0.1, 0.15) is 362 Å². The van der Waals surface area contributed by atoms with Crippen LogP contribution in [0.2, 0.25) is 0 Å². The fourth-order valence-electron chi connectivity index (χ4n) is 10.6. The predicted molar refractivity (Wildman–Crippen MR) is 358 cm³/mol. The Morgan fingerprint density at radius 3 is 0.764 bits per heavy atom. The summed E-state index contributed by atoms with van der Waals surface area (Å²) in [6, 6.07) is 0. The van der Waals surface area contributed by atoms with Crippen LogP contribution in [0, 0.1) is 5.92 Å². The predicted octanol–water partition coefficient (Wildman–Crippen LogP) is 20.1. The third-order valence-corrected chi connectivity index (χ3v) is 18.2. The van der Waals surface area contributed by atoms with Gasteiger partial charge in [-0.05, 0) is 31.6 Å². The van der Waals surface area contributed by atoms with Gasteiger partial charge in [-0.2, -0.15) is 0 Å². The minimum Gasteiger partial charge on any atom is -0.462 e. The maximum absolute atomic E-state index is 13.0. The number of esters is 4. The summed E-state index contributed by atoms with van der Waals surface area (Å²) in [6.07, 6.45) is 50.3. The van der Waals surface area contributed by atoms with Crippen LogP contribution in [0.15, 0.2) is 0 Å². The summed E-state index contributed by atoms with van der Waals surface area (Å²) in [7, 11) is -9.89. The number of aliphatic hydroxyl groups is 1. The summed E-state index contributed by atoms with van der Waals surface area (Å²) < 4.78 is 68.1. The molecule has 0 rings (SSSR count). The zero-order chi connectivity index (χ0) is 65.6. The molecule has 0 spiro atoms. The highest BCUT2D eigenvalue weighted by atomic mass is 31.2. The molecule has 528 valence electrons. The molecular weight excluding hydrogens is 1170 g/mol. The smallest absolute Gasteiger partial charge is 0.462 e. The molecule has 0 saturated heterocycles. The van der Waals surface area contributed by atoms with Crippen molar-refractivity contribution in [2.45, 2.75) is 380 Å². The normalized spacial score (nSPS) is 14.1. The van der Waals surface area contributed by atoms with E-state index >= 15 is 0 Å². The Labute approximate surface area is 543 Å². The molecule has 19 heteroatoms. The molecule has 3 N–H and O–H groups in total. The summed E-state index contributed by atoms with van der Waals surface area (Å²) in [5.74, 6) is -1.40. The Hall–Kier alpha value is -1.94. The van der Waals surface area contributed by atoms with E-state index in [4.69, 9.17) is 37.0 Å². The SMILES string of the molecule is CCCCCCCCCCCCCCCCCCCCCCCC(=O)O[C@H](COC(=O)CCCCCCCCCCC(C)C)COP(=O)(O)OC[C@@H](O)COP(=O)(O)OC[C@@H](COC(=O)CCCCCCCCCC)OC(=O)CCCCCCCCCCC. The molecule has 0 bridgehead atoms. The number of ether oxygens (including phenoxy) is 4. The van der Waals surface area contributed by atoms with Crippen molar-refractivity contribution in [2.75, 3.05) is 39.6 Å². The molecule has 0 amide bonds. The number of hydrogen-bond donors (Lipinski definition) is 3. The van der Waals surface area contributed by atoms with Crippen molar-refractivity contribution in [2.24, 2.45) is 5.92 Å². The minimum absolute atomic E-state index is 0.106. The second-order valence-corrected chi connectivity index (χ2v) is 28.7. The monoisotopic (exact) mass is 1310 g/mol. The molecule has 0 aliphatic rings. The van der Waals surface area contributed by atoms with Crippen LogP contribution in [-0.2, 0) is 65.4 Å². The van der Waals surface area contributed by atoms with Crippen LogP contribution >= 0.6 is 15.6 Å². The highest BCUT2D eigenvalue weighted by molar-refractivity contribution is 7.47. The van der Waals surface area contributed by atoms with E-state index < -0.39 is 97.5 Å². The molecule has 0 fully saturated rings. The first-order valence-electron chi connectivity index (χ1n) is 36.6. The lowest BCUT2D eigenvalue weighted by Crippen LogP contribution is -2.30. The summed E-state index contributed by atoms with van der Waals surface area (Å²) in [5.41, 5.74) is 0. The van der Waals surface area contributed by atoms with Gasteiger partial charge in [-0.25, -0.2) is 9.13 Å². The maximum Gasteiger partial charge on any atom is 0.472 e. The van der Waals surface area contributed by atoms with Crippen molar-refractivity contribution in [1.82, 2.24) is 0 Å². The van der Waals surface area contributed by atoms with Crippen molar-refractivity contribution >= 4 is 39.5 Å². The van der Waals surface area contributed by atoms with Crippen LogP contribution in [0.5, 0.6) is 0 Å². The van der Waals surface area contributed by atoms with Crippen molar-refractivity contribution in [3.8, 4) is 0 Å². The highest BCUT2D eigenvalue weighted by Crippen LogP contribution is 2.45. The van der Waals surface area contributed by atoms with E-state index in [0.29, 0.717) is 25.7 Å². The topological polar surface area (TPSA) is 237 Å². The van der Waals surface area contributed by atoms with Gasteiger partial charge in [0.1, 0.15) is 19.3 Å². The van der Waals surface area contributed by atoms with Gasteiger partial charge >= 0.3 is 39.5 Å². The number of hydrogen-bond acceptors (Lipinski definition) is 15. The average Bonchev–Trinajstić information content (AvgIpc) is 3.55. The molecule has 0 saturated carbocycles. The van der Waals surface area contributed by atoms with Crippen LogP contribution in [0.25, 0.3) is 0 Å². The van der Waals surface area contributed by atoms with Gasteiger partial charge in [0.25, 0.3) is 0 Å². The third-order valence-electron chi connectivity index (χ3n) is 16.3. The highest BCUT2D eigenvalue weighted by Gasteiger charge is 2.30. The third kappa shape index (κ3) is 64.6. The molecule has 2 unspecified atom stereocenters. The van der Waals surface area contributed by atoms with Gasteiger partial charge < -0.3 is 33.8 Å². The van der Waals surface area contributed by atoms with Gasteiger partial charge in [-0.1, -0.05) is 311 Å². The molecule has 0 heterocycles. The second-order valence-electron chi connectivity index (χ2n) is 25.7. The Morgan fingerprint density at radius 1 is 0.303 bits per heavy atom. The molecule has 5 atom stereocenters. The second kappa shape index (κ2) is 63.5. The van der Waals surface area contributed by atoms with E-state index in [1.165, 1.54) is 180 Å². The van der Waals surface area contributed by atoms with E-state index in [2.05, 4.69) is 34.6 Å². The van der Waals surface area contributed by atoms with Crippen molar-refractivity contribution in [1.29, 1.82) is 0 Å². The van der Waals surface area contributed by atoms with Gasteiger partial charge in [-0.15, -0.1) is 0 Å². The molecule has 0 aromatic heterocycles. The maximum atomic E-state index is 13.0. The Balaban J connectivity index is 5.13. The molecule has 0 aromatic carbocycles. The first-order valence-corrected chi connectivity index (χ1v) is 39.6. The summed E-state index contributed by atoms with van der Waals surface area (Å²) >= 11 is 0. The number of rotatable bonds is 70. The fourth-order valence-corrected chi connectivity index (χ4v) is 12.2. The van der Waals surface area contributed by atoms with Gasteiger partial charge in [0.2, 0.25) is 0 Å². The molecule has 0 radical (unpaired) electrons. The molecular formula is C70H136O17P2. The van der Waals surface area contributed by atoms with E-state index in [9.17, 15) is 43.2 Å². The van der Waals surface area contributed by atoms with Crippen LogP contribution in [0.4, 0.5) is 0 Å². The summed E-state index contributed by atoms with van der Waals surface area (Å²) in [5, 5.41) is 10.6. The molecule has 0 aliphatic heterocycles. The molecule has 17 nitrogen and oxygen atoms in total. The van der Waals surface area contributed by atoms with Gasteiger partial charge in [0.15, 0.2) is 12.2 Å². The lowest BCUT2D eigenvalue weighted by Gasteiger charge is -2.21. The zero-order valence-corrected chi connectivity index (χ0v) is 59.4. The average molecular weight is 1310 g/mol. The van der Waals surface area contributed by atoms with Gasteiger partial charge in [0.05, 0.1) is 26.4 Å². The quantitative estimate of drug-likeness (QED) is 0.0222. The van der Waals surface area contributed by atoms with Gasteiger partial charge in [-0.3, -0.25) is 37.3 Å². The number of phosphoric acid groups is 2. The lowest BCUT2D eigenvalue weighted by atomic mass is 10.0. The Kier molecular flexibility index (Phi) is 62.1. The first-order chi connectivity index (χ1) is 43.0. The largest absolute Gasteiger partial charge is 0.472 e. The zero-order valence-electron chi connectivity index (χ0n) is 57.6. The lowest BCUT2D eigenvalue weighted by molar-refractivity contribution is -0.161. The number of aliphatic hydroxyl groups excluding tert-OH is 1. The standard InChI is InChI=1S/C70H136O17P2/c1-6-9-12-15-18-21-22-23-24-25-26-27-28-29-30-31-32-34-41-46-51-56-70(75)87-66(60-81-68(73)54-49-44-39-36-35-37-42-47-52-63(4)5)62-85-89(78,79)83-58-64(71)57-82-88(76,77)84-61-65(59-80-67(72)53-48-43-38-20-17-14-11-8-3)86-69(74)55-50-45-40-33-19-16-13-10-7-2/h63-66,71H,6-62H2,1-5H3,(H,76,77)(H,78,79)/t64-,65+,66+/m0/s1. The molecule has 0 aromatic rings. The van der Waals surface area contributed by atoms with E-state index in [1.54, 1.807) is 0 Å². The van der Waals surface area contributed by atoms with Crippen molar-refractivity contribution < 1.29 is 80.2 Å². The Bertz CT molecular complexity index is 1720. The van der Waals surface area contributed by atoms with E-state index in [1.807, 2.05) is 0 Å². The number of carbonyl (C=O) groups excluding carboxylic acids is 4. The number of carbonyl (C=O) groups is 4. The molecule has 89 heavy (non-hydrogen) atoms. The summed E-state index contributed by atoms with van der Waals surface area (Å²) in [6.45, 7) is 7.16. The minimum atomic E-state index is -4.95. The fraction of sp³-hybridized carbons (Fsp3) is 0.943. The van der Waals surface area contributed by atoms with E-state index in [0.717, 1.165) is 102 Å². The van der Waals surface area contributed by atoms with Gasteiger partial charge in [0, 0.05) is 25.7 Å². The van der Waals surface area contributed by atoms with E-state index in [-0.39, 0.29) is 25.7 Å². The van der Waals surface area contributed by atoms with Crippen LogP contribution in [-0.4, -0.2) is 96.7 Å². The van der Waals surface area contributed by atoms with Crippen LogP contribution in [0.3, 0.4) is 0 Å². The number of phosphoric ester groups is 2. The first kappa shape index (κ1) is 87.1. The van der Waals surface area contributed by atoms with Crippen molar-refractivity contribution in [3.05, 3.63) is 0 Å². The molecule has 0 aliphatic carbocycles. The Morgan fingerprint density at radius 2 is 0.517 bits per heavy atom. The van der Waals surface area contributed by atoms with Crippen LogP contribution < -0.4 is 0 Å². The number of unbranched alkanes of at least 4 members (excludes halogenated alkanes) is 42. The van der Waals surface area contributed by atoms with Crippen molar-refractivity contribution in [3.63, 3.8) is 0 Å².